The van der Waals surface area contributed by atoms with E-state index in [1.165, 1.54) is 0 Å². The summed E-state index contributed by atoms with van der Waals surface area (Å²) in [7, 11) is 0. The van der Waals surface area contributed by atoms with E-state index in [0.717, 1.165) is 52.0 Å². The Morgan fingerprint density at radius 2 is 1.89 bits per heavy atom. The molecule has 0 aromatic rings. The van der Waals surface area contributed by atoms with Crippen molar-refractivity contribution in [2.75, 3.05) is 39.5 Å². The molecule has 3 aliphatic heterocycles. The van der Waals surface area contributed by atoms with Gasteiger partial charge in [-0.3, -0.25) is 9.69 Å². The van der Waals surface area contributed by atoms with Gasteiger partial charge < -0.3 is 14.8 Å². The van der Waals surface area contributed by atoms with Crippen molar-refractivity contribution in [1.29, 1.82) is 0 Å². The summed E-state index contributed by atoms with van der Waals surface area (Å²) in [6.45, 7) is 5.21. The second-order valence-corrected chi connectivity index (χ2v) is 5.94. The minimum Gasteiger partial charge on any atom is -0.381 e. The number of hydrogen-bond donors (Lipinski definition) is 1. The topological polar surface area (TPSA) is 50.8 Å². The fraction of sp³-hybridized carbons (Fsp3) is 0.929. The maximum atomic E-state index is 11.7. The fourth-order valence-corrected chi connectivity index (χ4v) is 3.53. The molecule has 3 aliphatic rings. The van der Waals surface area contributed by atoms with E-state index in [0.29, 0.717) is 25.6 Å². The lowest BCUT2D eigenvalue weighted by molar-refractivity contribution is -0.129. The molecule has 1 N–H and O–H groups in total. The SMILES string of the molecule is O=C1CC2(CCN(C3CCOCC3)CC2)OCCN1. The van der Waals surface area contributed by atoms with Crippen molar-refractivity contribution in [3.8, 4) is 0 Å². The molecule has 3 heterocycles. The van der Waals surface area contributed by atoms with E-state index in [9.17, 15) is 4.79 Å². The molecular formula is C14H24N2O3. The molecule has 19 heavy (non-hydrogen) atoms. The third-order valence-electron chi connectivity index (χ3n) is 4.73. The number of nitrogens with one attached hydrogen (secondary N) is 1. The standard InChI is InChI=1S/C14H24N2O3/c17-13-11-14(19-10-5-15-13)3-6-16(7-4-14)12-1-8-18-9-2-12/h12H,1-11H2,(H,15,17). The first-order chi connectivity index (χ1) is 9.27. The van der Waals surface area contributed by atoms with E-state index >= 15 is 0 Å². The van der Waals surface area contributed by atoms with Crippen LogP contribution in [-0.4, -0.2) is 61.9 Å². The number of likely N-dealkylation sites (tertiary alicyclic amines) is 1. The van der Waals surface area contributed by atoms with Gasteiger partial charge in [0.25, 0.3) is 0 Å². The summed E-state index contributed by atoms with van der Waals surface area (Å²) < 4.78 is 11.4. The molecule has 1 amide bonds. The number of carbonyl (C=O) groups is 1. The van der Waals surface area contributed by atoms with Crippen molar-refractivity contribution in [3.63, 3.8) is 0 Å². The molecule has 0 saturated carbocycles. The summed E-state index contributed by atoms with van der Waals surface area (Å²) in [6, 6.07) is 0.672. The van der Waals surface area contributed by atoms with E-state index in [2.05, 4.69) is 10.2 Å². The van der Waals surface area contributed by atoms with Crippen molar-refractivity contribution in [1.82, 2.24) is 10.2 Å². The van der Waals surface area contributed by atoms with E-state index in [-0.39, 0.29) is 11.5 Å². The summed E-state index contributed by atoms with van der Waals surface area (Å²) in [5.74, 6) is 0.150. The lowest BCUT2D eigenvalue weighted by atomic mass is 9.86. The van der Waals surface area contributed by atoms with Gasteiger partial charge in [-0.2, -0.15) is 0 Å². The predicted octanol–water partition coefficient (Wildman–Crippen LogP) is 0.537. The maximum absolute atomic E-state index is 11.7. The van der Waals surface area contributed by atoms with Crippen molar-refractivity contribution >= 4 is 5.91 Å². The second-order valence-electron chi connectivity index (χ2n) is 5.94. The van der Waals surface area contributed by atoms with Gasteiger partial charge >= 0.3 is 0 Å². The summed E-state index contributed by atoms with van der Waals surface area (Å²) in [5.41, 5.74) is -0.192. The zero-order valence-electron chi connectivity index (χ0n) is 11.5. The van der Waals surface area contributed by atoms with Crippen molar-refractivity contribution < 1.29 is 14.3 Å². The quantitative estimate of drug-likeness (QED) is 0.754. The molecule has 0 bridgehead atoms. The number of carbonyl (C=O) groups excluding carboxylic acids is 1. The molecule has 1 spiro atoms. The first-order valence-electron chi connectivity index (χ1n) is 7.50. The number of hydrogen-bond acceptors (Lipinski definition) is 4. The van der Waals surface area contributed by atoms with E-state index in [1.54, 1.807) is 0 Å². The van der Waals surface area contributed by atoms with Crippen molar-refractivity contribution in [3.05, 3.63) is 0 Å². The zero-order valence-corrected chi connectivity index (χ0v) is 11.5. The van der Waals surface area contributed by atoms with Crippen LogP contribution in [0, 0.1) is 0 Å². The van der Waals surface area contributed by atoms with Crippen LogP contribution in [0.4, 0.5) is 0 Å². The van der Waals surface area contributed by atoms with Gasteiger partial charge in [-0.15, -0.1) is 0 Å². The highest BCUT2D eigenvalue weighted by atomic mass is 16.5. The van der Waals surface area contributed by atoms with Gasteiger partial charge in [-0.05, 0) is 25.7 Å². The first kappa shape index (κ1) is 13.3. The number of amides is 1. The molecule has 5 nitrogen and oxygen atoms in total. The average Bonchev–Trinajstić information content (AvgIpc) is 2.62. The Bertz CT molecular complexity index is 321. The molecule has 108 valence electrons. The predicted molar refractivity (Wildman–Crippen MR) is 71.0 cm³/mol. The minimum atomic E-state index is -0.192. The summed E-state index contributed by atoms with van der Waals surface area (Å²) in [6.07, 6.45) is 4.80. The third kappa shape index (κ3) is 3.09. The van der Waals surface area contributed by atoms with Crippen LogP contribution in [0.2, 0.25) is 0 Å². The van der Waals surface area contributed by atoms with Crippen LogP contribution >= 0.6 is 0 Å². The molecule has 5 heteroatoms. The molecule has 0 unspecified atom stereocenters. The number of rotatable bonds is 1. The van der Waals surface area contributed by atoms with Crippen LogP contribution in [0.15, 0.2) is 0 Å². The van der Waals surface area contributed by atoms with Crippen LogP contribution in [0.3, 0.4) is 0 Å². The molecule has 3 rings (SSSR count). The lowest BCUT2D eigenvalue weighted by Crippen LogP contribution is -2.51. The maximum Gasteiger partial charge on any atom is 0.222 e. The van der Waals surface area contributed by atoms with Crippen LogP contribution < -0.4 is 5.32 Å². The highest BCUT2D eigenvalue weighted by Crippen LogP contribution is 2.32. The van der Waals surface area contributed by atoms with Gasteiger partial charge in [0.15, 0.2) is 0 Å². The van der Waals surface area contributed by atoms with Crippen molar-refractivity contribution in [2.45, 2.75) is 43.7 Å². The Hall–Kier alpha value is -0.650. The molecule has 3 saturated heterocycles. The number of piperidine rings is 1. The fourth-order valence-electron chi connectivity index (χ4n) is 3.53. The highest BCUT2D eigenvalue weighted by molar-refractivity contribution is 5.77. The Kier molecular flexibility index (Phi) is 4.05. The highest BCUT2D eigenvalue weighted by Gasteiger charge is 2.40. The molecular weight excluding hydrogens is 244 g/mol. The normalized spacial score (nSPS) is 30.0. The summed E-state index contributed by atoms with van der Waals surface area (Å²) in [4.78, 5) is 14.3. The molecule has 0 atom stereocenters. The zero-order chi connectivity index (χ0) is 13.1. The van der Waals surface area contributed by atoms with E-state index in [1.807, 2.05) is 0 Å². The number of nitrogens with zero attached hydrogens (tertiary/aromatic N) is 1. The minimum absolute atomic E-state index is 0.150. The van der Waals surface area contributed by atoms with Gasteiger partial charge in [0.2, 0.25) is 5.91 Å². The Morgan fingerprint density at radius 3 is 2.63 bits per heavy atom. The van der Waals surface area contributed by atoms with Gasteiger partial charge in [0.1, 0.15) is 0 Å². The van der Waals surface area contributed by atoms with Gasteiger partial charge in [0.05, 0.1) is 18.6 Å². The molecule has 3 fully saturated rings. The van der Waals surface area contributed by atoms with Crippen LogP contribution in [0.25, 0.3) is 0 Å². The van der Waals surface area contributed by atoms with Gasteiger partial charge in [-0.1, -0.05) is 0 Å². The second kappa shape index (κ2) is 5.77. The molecule has 0 aliphatic carbocycles. The monoisotopic (exact) mass is 268 g/mol. The average molecular weight is 268 g/mol. The van der Waals surface area contributed by atoms with Crippen molar-refractivity contribution in [2.24, 2.45) is 0 Å². The third-order valence-corrected chi connectivity index (χ3v) is 4.73. The van der Waals surface area contributed by atoms with Gasteiger partial charge in [0, 0.05) is 38.9 Å². The molecule has 0 radical (unpaired) electrons. The van der Waals surface area contributed by atoms with E-state index < -0.39 is 0 Å². The van der Waals surface area contributed by atoms with Crippen LogP contribution in [-0.2, 0) is 14.3 Å². The Labute approximate surface area is 114 Å². The van der Waals surface area contributed by atoms with Crippen LogP contribution in [0.1, 0.15) is 32.1 Å². The van der Waals surface area contributed by atoms with Crippen LogP contribution in [0.5, 0.6) is 0 Å². The largest absolute Gasteiger partial charge is 0.381 e. The Balaban J connectivity index is 1.56. The molecule has 0 aromatic heterocycles. The van der Waals surface area contributed by atoms with E-state index in [4.69, 9.17) is 9.47 Å². The summed E-state index contributed by atoms with van der Waals surface area (Å²) >= 11 is 0. The lowest BCUT2D eigenvalue weighted by Gasteiger charge is -2.44. The smallest absolute Gasteiger partial charge is 0.222 e. The van der Waals surface area contributed by atoms with Gasteiger partial charge in [-0.25, -0.2) is 0 Å². The molecule has 0 aromatic carbocycles. The first-order valence-corrected chi connectivity index (χ1v) is 7.50. The number of ether oxygens (including phenoxy) is 2. The summed E-state index contributed by atoms with van der Waals surface area (Å²) in [5, 5.41) is 2.90. The Morgan fingerprint density at radius 1 is 1.16 bits per heavy atom.